The molecule has 2 heterocycles. The topological polar surface area (TPSA) is 74.0 Å². The van der Waals surface area contributed by atoms with E-state index in [1.807, 2.05) is 22.9 Å². The van der Waals surface area contributed by atoms with Crippen molar-refractivity contribution in [2.24, 2.45) is 4.99 Å². The Balaban J connectivity index is 0.00000242. The van der Waals surface area contributed by atoms with E-state index in [-0.39, 0.29) is 36.4 Å². The van der Waals surface area contributed by atoms with Gasteiger partial charge in [0.2, 0.25) is 5.91 Å². The molecule has 0 saturated carbocycles. The largest absolute Gasteiger partial charge is 0.364 e. The number of hydrogen-bond acceptors (Lipinski definition) is 4. The first-order valence-electron chi connectivity index (χ1n) is 7.29. The van der Waals surface area contributed by atoms with Crippen molar-refractivity contribution in [3.63, 3.8) is 0 Å². The first-order valence-corrected chi connectivity index (χ1v) is 7.29. The summed E-state index contributed by atoms with van der Waals surface area (Å²) in [5.74, 6) is 0.800. The third-order valence-electron chi connectivity index (χ3n) is 3.57. The van der Waals surface area contributed by atoms with E-state index in [1.54, 1.807) is 13.3 Å². The fourth-order valence-electron chi connectivity index (χ4n) is 2.43. The average molecular weight is 421 g/mol. The highest BCUT2D eigenvalue weighted by Crippen LogP contribution is 2.08. The van der Waals surface area contributed by atoms with Gasteiger partial charge in [-0.2, -0.15) is 0 Å². The summed E-state index contributed by atoms with van der Waals surface area (Å²) in [5, 5.41) is 6.97. The molecular weight excluding hydrogens is 397 g/mol. The van der Waals surface area contributed by atoms with E-state index in [0.29, 0.717) is 12.5 Å². The zero-order chi connectivity index (χ0) is 15.1. The molecular formula is C14H24IN5O2. The first kappa shape index (κ1) is 18.7. The number of aliphatic imine (C=N–C) groups is 1. The molecule has 124 valence electrons. The molecule has 0 unspecified atom stereocenters. The van der Waals surface area contributed by atoms with Crippen LogP contribution in [0.3, 0.4) is 0 Å². The lowest BCUT2D eigenvalue weighted by Gasteiger charge is -2.28. The number of carbonyl (C=O) groups is 1. The Labute approximate surface area is 148 Å². The number of rotatable bonds is 4. The first-order chi connectivity index (χ1) is 10.2. The Morgan fingerprint density at radius 1 is 1.45 bits per heavy atom. The van der Waals surface area contributed by atoms with Gasteiger partial charge in [-0.05, 0) is 19.3 Å². The zero-order valence-corrected chi connectivity index (χ0v) is 15.4. The van der Waals surface area contributed by atoms with Crippen LogP contribution in [0.5, 0.6) is 0 Å². The molecule has 1 aromatic heterocycles. The van der Waals surface area contributed by atoms with Gasteiger partial charge in [-0.3, -0.25) is 9.79 Å². The SMILES string of the molecule is CN=C(NCC(=O)N1CCCCC1)N(C)Cc1ccon1.I. The summed E-state index contributed by atoms with van der Waals surface area (Å²) in [6, 6.07) is 1.81. The molecule has 1 fully saturated rings. The number of piperidine rings is 1. The standard InChI is InChI=1S/C14H23N5O2.HI/c1-15-14(18(2)11-12-6-9-21-17-12)16-10-13(20)19-7-4-3-5-8-19;/h6,9H,3-5,7-8,10-11H2,1-2H3,(H,15,16);1H. The van der Waals surface area contributed by atoms with Crippen LogP contribution >= 0.6 is 24.0 Å². The zero-order valence-electron chi connectivity index (χ0n) is 13.1. The summed E-state index contributed by atoms with van der Waals surface area (Å²) < 4.78 is 4.81. The van der Waals surface area contributed by atoms with Gasteiger partial charge in [0.1, 0.15) is 12.0 Å². The third kappa shape index (κ3) is 5.47. The number of halogens is 1. The Morgan fingerprint density at radius 2 is 2.18 bits per heavy atom. The number of carbonyl (C=O) groups excluding carboxylic acids is 1. The lowest BCUT2D eigenvalue weighted by molar-refractivity contribution is -0.130. The maximum absolute atomic E-state index is 12.1. The molecule has 1 aliphatic heterocycles. The van der Waals surface area contributed by atoms with Crippen LogP contribution in [0.2, 0.25) is 0 Å². The second-order valence-electron chi connectivity index (χ2n) is 5.19. The quantitative estimate of drug-likeness (QED) is 0.451. The van der Waals surface area contributed by atoms with Gasteiger partial charge in [0, 0.05) is 33.3 Å². The van der Waals surface area contributed by atoms with Gasteiger partial charge in [0.15, 0.2) is 5.96 Å². The van der Waals surface area contributed by atoms with E-state index in [2.05, 4.69) is 15.5 Å². The second-order valence-corrected chi connectivity index (χ2v) is 5.19. The number of guanidine groups is 1. The van der Waals surface area contributed by atoms with Gasteiger partial charge in [-0.1, -0.05) is 5.16 Å². The maximum Gasteiger partial charge on any atom is 0.241 e. The lowest BCUT2D eigenvalue weighted by Crippen LogP contribution is -2.46. The normalized spacial score (nSPS) is 15.2. The highest BCUT2D eigenvalue weighted by atomic mass is 127. The van der Waals surface area contributed by atoms with Gasteiger partial charge >= 0.3 is 0 Å². The monoisotopic (exact) mass is 421 g/mol. The van der Waals surface area contributed by atoms with E-state index in [0.717, 1.165) is 31.6 Å². The van der Waals surface area contributed by atoms with Crippen LogP contribution in [0.25, 0.3) is 0 Å². The van der Waals surface area contributed by atoms with Crippen molar-refractivity contribution in [1.82, 2.24) is 20.3 Å². The van der Waals surface area contributed by atoms with Crippen molar-refractivity contribution in [3.05, 3.63) is 18.0 Å². The average Bonchev–Trinajstić information content (AvgIpc) is 3.01. The Hall–Kier alpha value is -1.32. The fourth-order valence-corrected chi connectivity index (χ4v) is 2.43. The minimum atomic E-state index is 0. The summed E-state index contributed by atoms with van der Waals surface area (Å²) in [7, 11) is 3.60. The molecule has 1 aliphatic rings. The number of nitrogens with zero attached hydrogens (tertiary/aromatic N) is 4. The van der Waals surface area contributed by atoms with Crippen LogP contribution in [0.15, 0.2) is 21.8 Å². The van der Waals surface area contributed by atoms with Gasteiger partial charge in [0.05, 0.1) is 13.1 Å². The van der Waals surface area contributed by atoms with Crippen LogP contribution < -0.4 is 5.32 Å². The van der Waals surface area contributed by atoms with Crippen molar-refractivity contribution >= 4 is 35.8 Å². The van der Waals surface area contributed by atoms with Gasteiger partial charge in [-0.15, -0.1) is 24.0 Å². The van der Waals surface area contributed by atoms with Crippen LogP contribution in [-0.4, -0.2) is 60.6 Å². The molecule has 8 heteroatoms. The van der Waals surface area contributed by atoms with Gasteiger partial charge in [-0.25, -0.2) is 0 Å². The predicted octanol–water partition coefficient (Wildman–Crippen LogP) is 1.31. The molecule has 1 amide bonds. The molecule has 0 atom stereocenters. The molecule has 2 rings (SSSR count). The highest BCUT2D eigenvalue weighted by molar-refractivity contribution is 14.0. The second kappa shape index (κ2) is 9.65. The van der Waals surface area contributed by atoms with E-state index in [9.17, 15) is 4.79 Å². The van der Waals surface area contributed by atoms with Crippen molar-refractivity contribution in [2.75, 3.05) is 33.7 Å². The smallest absolute Gasteiger partial charge is 0.241 e. The summed E-state index contributed by atoms with van der Waals surface area (Å²) >= 11 is 0. The van der Waals surface area contributed by atoms with Crippen molar-refractivity contribution in [3.8, 4) is 0 Å². The molecule has 0 spiro atoms. The van der Waals surface area contributed by atoms with E-state index >= 15 is 0 Å². The predicted molar refractivity (Wildman–Crippen MR) is 95.2 cm³/mol. The summed E-state index contributed by atoms with van der Waals surface area (Å²) in [6.45, 7) is 2.59. The van der Waals surface area contributed by atoms with Crippen molar-refractivity contribution in [2.45, 2.75) is 25.8 Å². The number of aromatic nitrogens is 1. The molecule has 0 aliphatic carbocycles. The minimum Gasteiger partial charge on any atom is -0.364 e. The van der Waals surface area contributed by atoms with Crippen LogP contribution in [0.4, 0.5) is 0 Å². The van der Waals surface area contributed by atoms with E-state index < -0.39 is 0 Å². The fraction of sp³-hybridized carbons (Fsp3) is 0.643. The van der Waals surface area contributed by atoms with E-state index in [4.69, 9.17) is 4.52 Å². The third-order valence-corrected chi connectivity index (χ3v) is 3.57. The van der Waals surface area contributed by atoms with Crippen molar-refractivity contribution < 1.29 is 9.32 Å². The number of amides is 1. The number of hydrogen-bond donors (Lipinski definition) is 1. The van der Waals surface area contributed by atoms with E-state index in [1.165, 1.54) is 6.42 Å². The van der Waals surface area contributed by atoms with Crippen LogP contribution in [-0.2, 0) is 11.3 Å². The molecule has 7 nitrogen and oxygen atoms in total. The molecule has 1 N–H and O–H groups in total. The lowest BCUT2D eigenvalue weighted by atomic mass is 10.1. The molecule has 0 radical (unpaired) electrons. The Kier molecular flexibility index (Phi) is 8.21. The molecule has 22 heavy (non-hydrogen) atoms. The number of nitrogens with one attached hydrogen (secondary N) is 1. The van der Waals surface area contributed by atoms with Crippen molar-refractivity contribution in [1.29, 1.82) is 0 Å². The molecule has 1 saturated heterocycles. The van der Waals surface area contributed by atoms with Crippen LogP contribution in [0, 0.1) is 0 Å². The maximum atomic E-state index is 12.1. The molecule has 0 aromatic carbocycles. The van der Waals surface area contributed by atoms with Gasteiger partial charge < -0.3 is 19.6 Å². The Morgan fingerprint density at radius 3 is 2.77 bits per heavy atom. The summed E-state index contributed by atoms with van der Waals surface area (Å²) in [6.07, 6.45) is 4.97. The Bertz CT molecular complexity index is 472. The summed E-state index contributed by atoms with van der Waals surface area (Å²) in [5.41, 5.74) is 0.822. The molecule has 0 bridgehead atoms. The molecule has 1 aromatic rings. The van der Waals surface area contributed by atoms with Crippen LogP contribution in [0.1, 0.15) is 25.0 Å². The number of likely N-dealkylation sites (tertiary alicyclic amines) is 1. The highest BCUT2D eigenvalue weighted by Gasteiger charge is 2.17. The summed E-state index contributed by atoms with van der Waals surface area (Å²) in [4.78, 5) is 20.1. The van der Waals surface area contributed by atoms with Gasteiger partial charge in [0.25, 0.3) is 0 Å². The minimum absolute atomic E-state index is 0.